The molecule has 0 aromatic rings. The number of carbonyl (C=O) groups is 1. The highest BCUT2D eigenvalue weighted by Gasteiger charge is 2.59. The van der Waals surface area contributed by atoms with Gasteiger partial charge in [0.25, 0.3) is 0 Å². The Morgan fingerprint density at radius 1 is 1.09 bits per heavy atom. The molecule has 0 spiro atoms. The summed E-state index contributed by atoms with van der Waals surface area (Å²) in [6.45, 7) is 14.2. The Morgan fingerprint density at radius 3 is 2.53 bits per heavy atom. The van der Waals surface area contributed by atoms with Gasteiger partial charge < -0.3 is 5.11 Å². The number of aliphatic hydroxyl groups excluding tert-OH is 1. The largest absolute Gasteiger partial charge is 0.393 e. The number of Topliss-reactive ketones (excluding diaryl/α,β-unsaturated/α-hetero) is 1. The molecule has 0 aliphatic heterocycles. The van der Waals surface area contributed by atoms with Crippen molar-refractivity contribution >= 4 is 5.78 Å². The summed E-state index contributed by atoms with van der Waals surface area (Å²) >= 11 is 0. The molecule has 4 rings (SSSR count). The highest BCUT2D eigenvalue weighted by Crippen LogP contribution is 2.67. The fourth-order valence-electron chi connectivity index (χ4n) is 9.21. The summed E-state index contributed by atoms with van der Waals surface area (Å²) in [6, 6.07) is 0. The van der Waals surface area contributed by atoms with E-state index in [1.54, 1.807) is 5.57 Å². The molecule has 2 nitrogen and oxygen atoms in total. The Balaban J connectivity index is 1.50. The van der Waals surface area contributed by atoms with Crippen LogP contribution in [0.3, 0.4) is 0 Å². The minimum Gasteiger partial charge on any atom is -0.393 e. The summed E-state index contributed by atoms with van der Waals surface area (Å²) < 4.78 is 0. The first-order chi connectivity index (χ1) is 15.1. The van der Waals surface area contributed by atoms with Gasteiger partial charge in [0.15, 0.2) is 0 Å². The number of hydrogen-bond donors (Lipinski definition) is 1. The highest BCUT2D eigenvalue weighted by molar-refractivity contribution is 5.81. The van der Waals surface area contributed by atoms with E-state index >= 15 is 0 Å². The van der Waals surface area contributed by atoms with E-state index < -0.39 is 0 Å². The minimum atomic E-state index is -0.121. The summed E-state index contributed by atoms with van der Waals surface area (Å²) in [5.41, 5.74) is 2.22. The van der Waals surface area contributed by atoms with Gasteiger partial charge in [-0.2, -0.15) is 0 Å². The van der Waals surface area contributed by atoms with Crippen LogP contribution in [0.4, 0.5) is 0 Å². The van der Waals surface area contributed by atoms with Crippen molar-refractivity contribution in [3.8, 4) is 0 Å². The van der Waals surface area contributed by atoms with E-state index in [-0.39, 0.29) is 12.0 Å². The lowest BCUT2D eigenvalue weighted by Crippen LogP contribution is -2.51. The molecule has 4 aliphatic rings. The number of allylic oxidation sites excluding steroid dienone is 1. The maximum Gasteiger partial charge on any atom is 0.136 e. The topological polar surface area (TPSA) is 37.3 Å². The second-order valence-corrected chi connectivity index (χ2v) is 13.1. The maximum atomic E-state index is 13.5. The van der Waals surface area contributed by atoms with Gasteiger partial charge in [-0.1, -0.05) is 66.0 Å². The molecule has 0 amide bonds. The van der Waals surface area contributed by atoms with Gasteiger partial charge in [-0.05, 0) is 97.7 Å². The molecular formula is C30H50O2. The van der Waals surface area contributed by atoms with E-state index in [4.69, 9.17) is 0 Å². The smallest absolute Gasteiger partial charge is 0.136 e. The Labute approximate surface area is 198 Å². The monoisotopic (exact) mass is 442 g/mol. The standard InChI is InChI=1S/C30H50O2/c1-7-8-21(19(2)3)17-28(32)20(4)25-11-12-26-24-10-9-22-18-23(31)13-15-29(22,5)27(24)14-16-30(25,26)6/h9,19-21,23-27,31H,7-8,10-18H2,1-6H3/t20-,21-,23-,24?,25+,26?,27?,29-,30+/m0/s1. The Morgan fingerprint density at radius 2 is 1.84 bits per heavy atom. The van der Waals surface area contributed by atoms with Crippen molar-refractivity contribution < 1.29 is 9.90 Å². The molecule has 0 aromatic heterocycles. The van der Waals surface area contributed by atoms with E-state index in [1.807, 2.05) is 0 Å². The molecule has 9 atom stereocenters. The summed E-state index contributed by atoms with van der Waals surface area (Å²) in [5.74, 6) is 4.84. The first kappa shape index (κ1) is 24.5. The third-order valence-corrected chi connectivity index (χ3v) is 11.3. The van der Waals surface area contributed by atoms with E-state index in [0.717, 1.165) is 43.4 Å². The number of hydrogen-bond acceptors (Lipinski definition) is 2. The van der Waals surface area contributed by atoms with Gasteiger partial charge in [0.1, 0.15) is 5.78 Å². The van der Waals surface area contributed by atoms with Crippen molar-refractivity contribution in [3.05, 3.63) is 11.6 Å². The second-order valence-electron chi connectivity index (χ2n) is 13.1. The lowest BCUT2D eigenvalue weighted by Gasteiger charge is -2.58. The van der Waals surface area contributed by atoms with Crippen LogP contribution in [0.5, 0.6) is 0 Å². The van der Waals surface area contributed by atoms with Gasteiger partial charge in [-0.25, -0.2) is 0 Å². The molecule has 3 fully saturated rings. The molecule has 0 heterocycles. The molecule has 182 valence electrons. The molecule has 0 bridgehead atoms. The number of carbonyl (C=O) groups excluding carboxylic acids is 1. The van der Waals surface area contributed by atoms with Gasteiger partial charge in [-0.15, -0.1) is 0 Å². The molecule has 0 aromatic carbocycles. The Hall–Kier alpha value is -0.630. The molecule has 32 heavy (non-hydrogen) atoms. The van der Waals surface area contributed by atoms with Crippen LogP contribution in [0.15, 0.2) is 11.6 Å². The lowest BCUT2D eigenvalue weighted by molar-refractivity contribution is -0.128. The van der Waals surface area contributed by atoms with Crippen molar-refractivity contribution in [3.63, 3.8) is 0 Å². The summed E-state index contributed by atoms with van der Waals surface area (Å²) in [6.07, 6.45) is 15.0. The van der Waals surface area contributed by atoms with Crippen LogP contribution < -0.4 is 0 Å². The van der Waals surface area contributed by atoms with Crippen molar-refractivity contribution in [2.24, 2.45) is 52.3 Å². The molecular weight excluding hydrogens is 392 g/mol. The second kappa shape index (κ2) is 9.20. The van der Waals surface area contributed by atoms with Crippen LogP contribution in [0.25, 0.3) is 0 Å². The minimum absolute atomic E-state index is 0.121. The van der Waals surface area contributed by atoms with Crippen LogP contribution >= 0.6 is 0 Å². The van der Waals surface area contributed by atoms with Crippen molar-refractivity contribution in [1.82, 2.24) is 0 Å². The number of fused-ring (bicyclic) bond motifs is 5. The van der Waals surface area contributed by atoms with Gasteiger partial charge in [0.05, 0.1) is 6.10 Å². The van der Waals surface area contributed by atoms with Gasteiger partial charge in [-0.3, -0.25) is 4.79 Å². The average molecular weight is 443 g/mol. The van der Waals surface area contributed by atoms with Gasteiger partial charge in [0.2, 0.25) is 0 Å². The van der Waals surface area contributed by atoms with Crippen LogP contribution in [-0.4, -0.2) is 17.0 Å². The normalized spacial score (nSPS) is 43.1. The molecule has 3 saturated carbocycles. The highest BCUT2D eigenvalue weighted by atomic mass is 16.3. The summed E-state index contributed by atoms with van der Waals surface area (Å²) in [5, 5.41) is 10.3. The third kappa shape index (κ3) is 4.05. The van der Waals surface area contributed by atoms with Gasteiger partial charge >= 0.3 is 0 Å². The fraction of sp³-hybridized carbons (Fsp3) is 0.900. The maximum absolute atomic E-state index is 13.5. The van der Waals surface area contributed by atoms with Crippen LogP contribution in [0.1, 0.15) is 112 Å². The SMILES string of the molecule is CCC[C@@H](CC(=O)[C@@H](C)[C@H]1CCC2C3CC=C4C[C@@H](O)CC[C@]4(C)C3CC[C@@]21C)C(C)C. The van der Waals surface area contributed by atoms with Crippen LogP contribution in [0.2, 0.25) is 0 Å². The zero-order chi connectivity index (χ0) is 23.3. The van der Waals surface area contributed by atoms with Crippen molar-refractivity contribution in [1.29, 1.82) is 0 Å². The predicted molar refractivity (Wildman–Crippen MR) is 133 cm³/mol. The zero-order valence-corrected chi connectivity index (χ0v) is 21.8. The molecule has 1 N–H and O–H groups in total. The average Bonchev–Trinajstić information content (AvgIpc) is 3.10. The first-order valence-electron chi connectivity index (χ1n) is 14.0. The van der Waals surface area contributed by atoms with Crippen LogP contribution in [-0.2, 0) is 4.79 Å². The number of ketones is 1. The number of rotatable bonds is 7. The molecule has 2 heteroatoms. The van der Waals surface area contributed by atoms with E-state index in [2.05, 4.69) is 47.6 Å². The van der Waals surface area contributed by atoms with E-state index in [1.165, 1.54) is 44.9 Å². The zero-order valence-electron chi connectivity index (χ0n) is 21.8. The quantitative estimate of drug-likeness (QED) is 0.412. The molecule has 0 radical (unpaired) electrons. The third-order valence-electron chi connectivity index (χ3n) is 11.3. The summed E-state index contributed by atoms with van der Waals surface area (Å²) in [7, 11) is 0. The summed E-state index contributed by atoms with van der Waals surface area (Å²) in [4.78, 5) is 13.5. The Kier molecular flexibility index (Phi) is 7.04. The number of aliphatic hydroxyl groups is 1. The van der Waals surface area contributed by atoms with Crippen LogP contribution in [0, 0.1) is 52.3 Å². The Bertz CT molecular complexity index is 722. The molecule has 0 saturated heterocycles. The van der Waals surface area contributed by atoms with Gasteiger partial charge in [0, 0.05) is 12.3 Å². The molecule has 3 unspecified atom stereocenters. The fourth-order valence-corrected chi connectivity index (χ4v) is 9.21. The first-order valence-corrected chi connectivity index (χ1v) is 14.0. The van der Waals surface area contributed by atoms with E-state index in [9.17, 15) is 9.90 Å². The molecule has 4 aliphatic carbocycles. The van der Waals surface area contributed by atoms with Crippen molar-refractivity contribution in [2.75, 3.05) is 0 Å². The predicted octanol–water partition coefficient (Wildman–Crippen LogP) is 7.59. The lowest BCUT2D eigenvalue weighted by atomic mass is 9.47. The van der Waals surface area contributed by atoms with Crippen molar-refractivity contribution in [2.45, 2.75) is 118 Å². The van der Waals surface area contributed by atoms with E-state index in [0.29, 0.717) is 34.4 Å².